The quantitative estimate of drug-likeness (QED) is 0.655. The monoisotopic (exact) mass is 395 g/mol. The number of hydrogen-bond donors (Lipinski definition) is 1. The van der Waals surface area contributed by atoms with E-state index >= 15 is 0 Å². The Morgan fingerprint density at radius 1 is 1.07 bits per heavy atom. The number of nitrogens with one attached hydrogen (secondary N) is 1. The van der Waals surface area contributed by atoms with Gasteiger partial charge in [0.25, 0.3) is 0 Å². The van der Waals surface area contributed by atoms with E-state index in [1.54, 1.807) is 42.5 Å². The number of carbonyl (C=O) groups excluding carboxylic acids is 1. The largest absolute Gasteiger partial charge is 0.495 e. The molecule has 2 aromatic carbocycles. The van der Waals surface area contributed by atoms with Crippen LogP contribution in [0.5, 0.6) is 17.2 Å². The Bertz CT molecular complexity index is 1200. The van der Waals surface area contributed by atoms with Gasteiger partial charge in [-0.05, 0) is 24.3 Å². The molecule has 1 aliphatic rings. The summed E-state index contributed by atoms with van der Waals surface area (Å²) in [5, 5.41) is 2.67. The molecule has 1 N–H and O–H groups in total. The first-order valence-electron chi connectivity index (χ1n) is 8.72. The van der Waals surface area contributed by atoms with Gasteiger partial charge in [0.2, 0.25) is 12.7 Å². The van der Waals surface area contributed by atoms with E-state index in [1.165, 1.54) is 24.1 Å². The van der Waals surface area contributed by atoms with Gasteiger partial charge in [0, 0.05) is 24.1 Å². The van der Waals surface area contributed by atoms with Crippen molar-refractivity contribution in [2.45, 2.75) is 6.54 Å². The van der Waals surface area contributed by atoms with Crippen molar-refractivity contribution in [3.8, 4) is 22.9 Å². The molecule has 4 rings (SSSR count). The van der Waals surface area contributed by atoms with Crippen LogP contribution in [-0.2, 0) is 11.3 Å². The SMILES string of the molecule is COc1ccccc1-n1ccn(CC(=O)Nc2ccc3c(c2)OCO3)c(=O)c1=O. The highest BCUT2D eigenvalue weighted by Gasteiger charge is 2.15. The molecular formula is C20H17N3O6. The van der Waals surface area contributed by atoms with Gasteiger partial charge in [-0.15, -0.1) is 0 Å². The topological polar surface area (TPSA) is 101 Å². The fourth-order valence-corrected chi connectivity index (χ4v) is 2.98. The summed E-state index contributed by atoms with van der Waals surface area (Å²) in [6.45, 7) is -0.181. The Balaban J connectivity index is 1.55. The van der Waals surface area contributed by atoms with Gasteiger partial charge < -0.3 is 19.5 Å². The van der Waals surface area contributed by atoms with Crippen molar-refractivity contribution in [2.24, 2.45) is 0 Å². The van der Waals surface area contributed by atoms with Crippen LogP contribution in [0.3, 0.4) is 0 Å². The summed E-state index contributed by atoms with van der Waals surface area (Å²) >= 11 is 0. The summed E-state index contributed by atoms with van der Waals surface area (Å²) in [6, 6.07) is 11.8. The number of amides is 1. The number of aromatic nitrogens is 2. The van der Waals surface area contributed by atoms with E-state index in [1.807, 2.05) is 0 Å². The van der Waals surface area contributed by atoms with E-state index in [2.05, 4.69) is 5.32 Å². The van der Waals surface area contributed by atoms with Crippen LogP contribution in [0.4, 0.5) is 5.69 Å². The van der Waals surface area contributed by atoms with Crippen molar-refractivity contribution in [1.29, 1.82) is 0 Å². The molecule has 9 heteroatoms. The summed E-state index contributed by atoms with van der Waals surface area (Å²) in [6.07, 6.45) is 2.81. The Hall–Kier alpha value is -4.01. The van der Waals surface area contributed by atoms with E-state index in [9.17, 15) is 14.4 Å². The lowest BCUT2D eigenvalue weighted by atomic mass is 10.2. The van der Waals surface area contributed by atoms with Crippen LogP contribution >= 0.6 is 0 Å². The average molecular weight is 395 g/mol. The third kappa shape index (κ3) is 3.57. The highest BCUT2D eigenvalue weighted by Crippen LogP contribution is 2.34. The number of nitrogens with zero attached hydrogens (tertiary/aromatic N) is 2. The number of benzene rings is 2. The molecular weight excluding hydrogens is 378 g/mol. The lowest BCUT2D eigenvalue weighted by Gasteiger charge is -2.12. The summed E-state index contributed by atoms with van der Waals surface area (Å²) in [7, 11) is 1.48. The first kappa shape index (κ1) is 18.4. The summed E-state index contributed by atoms with van der Waals surface area (Å²) in [5.41, 5.74) is -0.671. The van der Waals surface area contributed by atoms with Gasteiger partial charge in [-0.25, -0.2) is 0 Å². The molecule has 9 nitrogen and oxygen atoms in total. The number of hydrogen-bond acceptors (Lipinski definition) is 6. The van der Waals surface area contributed by atoms with Gasteiger partial charge in [0.05, 0.1) is 12.8 Å². The van der Waals surface area contributed by atoms with Gasteiger partial charge in [-0.2, -0.15) is 0 Å². The van der Waals surface area contributed by atoms with Crippen molar-refractivity contribution in [2.75, 3.05) is 19.2 Å². The van der Waals surface area contributed by atoms with Crippen LogP contribution < -0.4 is 30.6 Å². The highest BCUT2D eigenvalue weighted by atomic mass is 16.7. The molecule has 0 spiro atoms. The van der Waals surface area contributed by atoms with Crippen molar-refractivity contribution < 1.29 is 19.0 Å². The van der Waals surface area contributed by atoms with Crippen molar-refractivity contribution >= 4 is 11.6 Å². The molecule has 0 saturated heterocycles. The smallest absolute Gasteiger partial charge is 0.321 e. The number of methoxy groups -OCH3 is 1. The van der Waals surface area contributed by atoms with Crippen LogP contribution in [0.2, 0.25) is 0 Å². The van der Waals surface area contributed by atoms with E-state index in [4.69, 9.17) is 14.2 Å². The summed E-state index contributed by atoms with van der Waals surface area (Å²) in [5.74, 6) is 1.12. The molecule has 29 heavy (non-hydrogen) atoms. The predicted molar refractivity (Wildman–Crippen MR) is 104 cm³/mol. The fourth-order valence-electron chi connectivity index (χ4n) is 2.98. The van der Waals surface area contributed by atoms with Gasteiger partial charge >= 0.3 is 11.1 Å². The van der Waals surface area contributed by atoms with Gasteiger partial charge in [-0.1, -0.05) is 12.1 Å². The molecule has 2 heterocycles. The van der Waals surface area contributed by atoms with Crippen molar-refractivity contribution in [1.82, 2.24) is 9.13 Å². The van der Waals surface area contributed by atoms with E-state index in [-0.39, 0.29) is 13.3 Å². The van der Waals surface area contributed by atoms with E-state index in [0.29, 0.717) is 28.6 Å². The molecule has 0 bridgehead atoms. The Morgan fingerprint density at radius 3 is 2.69 bits per heavy atom. The zero-order valence-electron chi connectivity index (χ0n) is 15.5. The average Bonchev–Trinajstić information content (AvgIpc) is 3.19. The molecule has 0 fully saturated rings. The fraction of sp³-hybridized carbons (Fsp3) is 0.150. The van der Waals surface area contributed by atoms with Crippen LogP contribution in [0.15, 0.2) is 64.4 Å². The molecule has 0 aliphatic carbocycles. The third-order valence-corrected chi connectivity index (χ3v) is 4.37. The van der Waals surface area contributed by atoms with Crippen LogP contribution in [0.1, 0.15) is 0 Å². The normalized spacial score (nSPS) is 11.9. The minimum atomic E-state index is -0.820. The zero-order chi connectivity index (χ0) is 20.4. The first-order chi connectivity index (χ1) is 14.1. The Kier molecular flexibility index (Phi) is 4.78. The number of carbonyl (C=O) groups is 1. The van der Waals surface area contributed by atoms with Crippen molar-refractivity contribution in [3.05, 3.63) is 75.6 Å². The maximum absolute atomic E-state index is 12.5. The molecule has 0 atom stereocenters. The second-order valence-electron chi connectivity index (χ2n) is 6.19. The lowest BCUT2D eigenvalue weighted by molar-refractivity contribution is -0.116. The van der Waals surface area contributed by atoms with Gasteiger partial charge in [0.15, 0.2) is 11.5 Å². The first-order valence-corrected chi connectivity index (χ1v) is 8.72. The molecule has 0 unspecified atom stereocenters. The number of anilines is 1. The lowest BCUT2D eigenvalue weighted by Crippen LogP contribution is -2.41. The second kappa shape index (κ2) is 7.55. The van der Waals surface area contributed by atoms with E-state index in [0.717, 1.165) is 4.57 Å². The molecule has 1 aliphatic heterocycles. The maximum Gasteiger partial charge on any atom is 0.321 e. The summed E-state index contributed by atoms with van der Waals surface area (Å²) < 4.78 is 18.0. The minimum absolute atomic E-state index is 0.130. The van der Waals surface area contributed by atoms with Crippen molar-refractivity contribution in [3.63, 3.8) is 0 Å². The number of rotatable bonds is 5. The number of para-hydroxylation sites is 2. The predicted octanol–water partition coefficient (Wildman–Crippen LogP) is 1.38. The zero-order valence-corrected chi connectivity index (χ0v) is 15.5. The minimum Gasteiger partial charge on any atom is -0.495 e. The molecule has 1 amide bonds. The standard InChI is InChI=1S/C20H17N3O6/c1-27-15-5-3-2-4-14(15)23-9-8-22(19(25)20(23)26)11-18(24)21-13-6-7-16-17(10-13)29-12-28-16/h2-10H,11-12H2,1H3,(H,21,24). The molecule has 0 radical (unpaired) electrons. The van der Waals surface area contributed by atoms with Gasteiger partial charge in [0.1, 0.15) is 12.3 Å². The molecule has 1 aromatic heterocycles. The number of fused-ring (bicyclic) bond motifs is 1. The summed E-state index contributed by atoms with van der Waals surface area (Å²) in [4.78, 5) is 37.3. The van der Waals surface area contributed by atoms with E-state index < -0.39 is 17.0 Å². The van der Waals surface area contributed by atoms with Crippen LogP contribution in [0.25, 0.3) is 5.69 Å². The van der Waals surface area contributed by atoms with Gasteiger partial charge in [-0.3, -0.25) is 23.5 Å². The Labute approximate surface area is 164 Å². The third-order valence-electron chi connectivity index (χ3n) is 4.37. The maximum atomic E-state index is 12.5. The van der Waals surface area contributed by atoms with Crippen LogP contribution in [0, 0.1) is 0 Å². The Morgan fingerprint density at radius 2 is 1.86 bits per heavy atom. The molecule has 148 valence electrons. The van der Waals surface area contributed by atoms with Crippen LogP contribution in [-0.4, -0.2) is 28.9 Å². The molecule has 0 saturated carbocycles. The second-order valence-corrected chi connectivity index (χ2v) is 6.19. The number of ether oxygens (including phenoxy) is 3. The highest BCUT2D eigenvalue weighted by molar-refractivity contribution is 5.91. The molecule has 3 aromatic rings.